The van der Waals surface area contributed by atoms with Crippen LogP contribution in [0.25, 0.3) is 0 Å². The highest BCUT2D eigenvalue weighted by Gasteiger charge is 2.34. The highest BCUT2D eigenvalue weighted by Crippen LogP contribution is 2.30. The number of hydrogen-bond donors (Lipinski definition) is 1. The van der Waals surface area contributed by atoms with Crippen LogP contribution in [0.15, 0.2) is 42.5 Å². The zero-order valence-electron chi connectivity index (χ0n) is 17.3. The van der Waals surface area contributed by atoms with Crippen LogP contribution in [0.3, 0.4) is 0 Å². The van der Waals surface area contributed by atoms with Crippen molar-refractivity contribution in [1.29, 1.82) is 0 Å². The average molecular weight is 440 g/mol. The van der Waals surface area contributed by atoms with Crippen LogP contribution < -0.4 is 10.1 Å². The molecule has 3 rings (SSSR count). The Labute approximate surface area is 177 Å². The lowest BCUT2D eigenvalue weighted by Crippen LogP contribution is -2.59. The van der Waals surface area contributed by atoms with Gasteiger partial charge >= 0.3 is 12.3 Å². The SMILES string of the molecule is CC1(C)CNCCN1C(=O)OCc1cc(OCc2cccc(C(F)(F)F)c2)ccc1F. The Hall–Kier alpha value is -2.81. The quantitative estimate of drug-likeness (QED) is 0.683. The molecule has 9 heteroatoms. The summed E-state index contributed by atoms with van der Waals surface area (Å²) in [5.74, 6) is -0.314. The lowest BCUT2D eigenvalue weighted by Gasteiger charge is -2.41. The molecule has 31 heavy (non-hydrogen) atoms. The average Bonchev–Trinajstić information content (AvgIpc) is 2.71. The van der Waals surface area contributed by atoms with Crippen molar-refractivity contribution in [3.05, 3.63) is 65.0 Å². The van der Waals surface area contributed by atoms with Gasteiger partial charge in [0.15, 0.2) is 0 Å². The smallest absolute Gasteiger partial charge is 0.416 e. The number of rotatable bonds is 5. The molecule has 0 spiro atoms. The van der Waals surface area contributed by atoms with E-state index in [1.165, 1.54) is 30.3 Å². The summed E-state index contributed by atoms with van der Waals surface area (Å²) in [5.41, 5.74) is -0.754. The van der Waals surface area contributed by atoms with Crippen LogP contribution in [-0.4, -0.2) is 36.2 Å². The van der Waals surface area contributed by atoms with E-state index in [-0.39, 0.29) is 24.5 Å². The van der Waals surface area contributed by atoms with Gasteiger partial charge in [0, 0.05) is 25.2 Å². The molecule has 0 radical (unpaired) electrons. The molecule has 0 bridgehead atoms. The fraction of sp³-hybridized carbons (Fsp3) is 0.409. The number of nitrogens with zero attached hydrogens (tertiary/aromatic N) is 1. The zero-order chi connectivity index (χ0) is 22.6. The molecule has 2 aromatic carbocycles. The number of piperazine rings is 1. The topological polar surface area (TPSA) is 50.8 Å². The van der Waals surface area contributed by atoms with Gasteiger partial charge in [0.25, 0.3) is 0 Å². The minimum absolute atomic E-state index is 0.114. The second-order valence-electron chi connectivity index (χ2n) is 7.94. The molecule has 0 saturated carbocycles. The summed E-state index contributed by atoms with van der Waals surface area (Å²) in [7, 11) is 0. The number of hydrogen-bond acceptors (Lipinski definition) is 4. The number of halogens is 4. The summed E-state index contributed by atoms with van der Waals surface area (Å²) in [5, 5.41) is 3.20. The lowest BCUT2D eigenvalue weighted by atomic mass is 10.0. The predicted octanol–water partition coefficient (Wildman–Crippen LogP) is 4.74. The van der Waals surface area contributed by atoms with Crippen LogP contribution in [0.4, 0.5) is 22.4 Å². The first-order valence-electron chi connectivity index (χ1n) is 9.79. The molecule has 0 unspecified atom stereocenters. The van der Waals surface area contributed by atoms with E-state index in [0.29, 0.717) is 25.2 Å². The van der Waals surface area contributed by atoms with Gasteiger partial charge in [-0.3, -0.25) is 0 Å². The first kappa shape index (κ1) is 22.9. The maximum atomic E-state index is 14.2. The van der Waals surface area contributed by atoms with E-state index in [1.807, 2.05) is 13.8 Å². The van der Waals surface area contributed by atoms with E-state index in [0.717, 1.165) is 12.1 Å². The van der Waals surface area contributed by atoms with Gasteiger partial charge in [-0.1, -0.05) is 12.1 Å². The van der Waals surface area contributed by atoms with Gasteiger partial charge in [0.2, 0.25) is 0 Å². The number of carbonyl (C=O) groups is 1. The fourth-order valence-corrected chi connectivity index (χ4v) is 3.29. The minimum Gasteiger partial charge on any atom is -0.489 e. The molecule has 1 aliphatic rings. The highest BCUT2D eigenvalue weighted by atomic mass is 19.4. The van der Waals surface area contributed by atoms with Gasteiger partial charge in [0.1, 0.15) is 24.8 Å². The maximum Gasteiger partial charge on any atom is 0.416 e. The van der Waals surface area contributed by atoms with Gasteiger partial charge < -0.3 is 19.7 Å². The highest BCUT2D eigenvalue weighted by molar-refractivity contribution is 5.69. The molecule has 1 saturated heterocycles. The summed E-state index contributed by atoms with van der Waals surface area (Å²) >= 11 is 0. The third-order valence-electron chi connectivity index (χ3n) is 5.05. The standard InChI is InChI=1S/C22H24F4N2O3/c1-21(2)14-27-8-9-28(21)20(29)31-13-16-11-18(6-7-19(16)23)30-12-15-4-3-5-17(10-15)22(24,25)26/h3-7,10-11,27H,8-9,12-14H2,1-2H3. The number of ether oxygens (including phenoxy) is 2. The summed E-state index contributed by atoms with van der Waals surface area (Å²) < 4.78 is 63.5. The molecule has 1 heterocycles. The normalized spacial score (nSPS) is 16.1. The van der Waals surface area contributed by atoms with E-state index in [1.54, 1.807) is 4.90 Å². The second kappa shape index (κ2) is 9.13. The van der Waals surface area contributed by atoms with Crippen LogP contribution >= 0.6 is 0 Å². The Kier molecular flexibility index (Phi) is 6.74. The van der Waals surface area contributed by atoms with Gasteiger partial charge in [-0.25, -0.2) is 9.18 Å². The number of benzene rings is 2. The molecule has 1 N–H and O–H groups in total. The summed E-state index contributed by atoms with van der Waals surface area (Å²) in [6.45, 7) is 5.15. The number of alkyl halides is 3. The lowest BCUT2D eigenvalue weighted by molar-refractivity contribution is -0.137. The van der Waals surface area contributed by atoms with Crippen molar-refractivity contribution in [1.82, 2.24) is 10.2 Å². The largest absolute Gasteiger partial charge is 0.489 e. The molecule has 1 fully saturated rings. The number of amides is 1. The summed E-state index contributed by atoms with van der Waals surface area (Å²) in [6, 6.07) is 8.70. The van der Waals surface area contributed by atoms with E-state index in [2.05, 4.69) is 5.32 Å². The molecule has 2 aromatic rings. The van der Waals surface area contributed by atoms with Crippen LogP contribution in [0.5, 0.6) is 5.75 Å². The Bertz CT molecular complexity index is 931. The molecular weight excluding hydrogens is 416 g/mol. The van der Waals surface area contributed by atoms with Crippen LogP contribution in [0.1, 0.15) is 30.5 Å². The van der Waals surface area contributed by atoms with Crippen molar-refractivity contribution in [3.8, 4) is 5.75 Å². The van der Waals surface area contributed by atoms with E-state index < -0.39 is 29.2 Å². The summed E-state index contributed by atoms with van der Waals surface area (Å²) in [6.07, 6.45) is -4.98. The summed E-state index contributed by atoms with van der Waals surface area (Å²) in [4.78, 5) is 14.0. The predicted molar refractivity (Wildman–Crippen MR) is 106 cm³/mol. The Balaban J connectivity index is 1.62. The number of nitrogens with one attached hydrogen (secondary N) is 1. The van der Waals surface area contributed by atoms with Crippen molar-refractivity contribution >= 4 is 6.09 Å². The van der Waals surface area contributed by atoms with Crippen LogP contribution in [0, 0.1) is 5.82 Å². The van der Waals surface area contributed by atoms with Crippen molar-refractivity contribution in [3.63, 3.8) is 0 Å². The first-order valence-corrected chi connectivity index (χ1v) is 9.79. The van der Waals surface area contributed by atoms with Gasteiger partial charge in [-0.05, 0) is 49.7 Å². The Morgan fingerprint density at radius 3 is 2.65 bits per heavy atom. The van der Waals surface area contributed by atoms with Crippen LogP contribution in [-0.2, 0) is 24.1 Å². The molecule has 1 aliphatic heterocycles. The van der Waals surface area contributed by atoms with Gasteiger partial charge in [0.05, 0.1) is 11.1 Å². The third-order valence-corrected chi connectivity index (χ3v) is 5.05. The zero-order valence-corrected chi connectivity index (χ0v) is 17.3. The van der Waals surface area contributed by atoms with Gasteiger partial charge in [-0.15, -0.1) is 0 Å². The molecule has 0 atom stereocenters. The fourth-order valence-electron chi connectivity index (χ4n) is 3.29. The van der Waals surface area contributed by atoms with Crippen molar-refractivity contribution < 1.29 is 31.8 Å². The van der Waals surface area contributed by atoms with Crippen LogP contribution in [0.2, 0.25) is 0 Å². The van der Waals surface area contributed by atoms with E-state index >= 15 is 0 Å². The number of carbonyl (C=O) groups excluding carboxylic acids is 1. The van der Waals surface area contributed by atoms with E-state index in [9.17, 15) is 22.4 Å². The molecule has 1 amide bonds. The van der Waals surface area contributed by atoms with Crippen molar-refractivity contribution in [2.24, 2.45) is 0 Å². The Morgan fingerprint density at radius 1 is 1.16 bits per heavy atom. The molecule has 5 nitrogen and oxygen atoms in total. The van der Waals surface area contributed by atoms with E-state index in [4.69, 9.17) is 9.47 Å². The molecule has 0 aliphatic carbocycles. The Morgan fingerprint density at radius 2 is 1.94 bits per heavy atom. The molecule has 168 valence electrons. The monoisotopic (exact) mass is 440 g/mol. The first-order chi connectivity index (χ1) is 14.6. The minimum atomic E-state index is -4.44. The second-order valence-corrected chi connectivity index (χ2v) is 7.94. The molecular formula is C22H24F4N2O3. The maximum absolute atomic E-state index is 14.2. The van der Waals surface area contributed by atoms with Crippen molar-refractivity contribution in [2.75, 3.05) is 19.6 Å². The van der Waals surface area contributed by atoms with Crippen molar-refractivity contribution in [2.45, 2.75) is 38.8 Å². The molecule has 0 aromatic heterocycles. The van der Waals surface area contributed by atoms with Gasteiger partial charge in [-0.2, -0.15) is 13.2 Å². The third kappa shape index (κ3) is 5.88.